The van der Waals surface area contributed by atoms with Crippen molar-refractivity contribution in [2.24, 2.45) is 5.73 Å². The molecule has 0 bridgehead atoms. The van der Waals surface area contributed by atoms with E-state index in [0.717, 1.165) is 11.1 Å². The maximum absolute atomic E-state index is 14.3. The molecule has 5 nitrogen and oxygen atoms in total. The average Bonchev–Trinajstić information content (AvgIpc) is 2.79. The maximum atomic E-state index is 14.3. The van der Waals surface area contributed by atoms with Gasteiger partial charge in [0.05, 0.1) is 12.1 Å². The molecule has 0 unspecified atom stereocenters. The van der Waals surface area contributed by atoms with Crippen LogP contribution in [0.5, 0.6) is 11.6 Å². The molecule has 1 heterocycles. The van der Waals surface area contributed by atoms with Crippen molar-refractivity contribution >= 4 is 5.97 Å². The molecule has 0 saturated carbocycles. The van der Waals surface area contributed by atoms with Gasteiger partial charge in [-0.1, -0.05) is 48.5 Å². The zero-order valence-electron chi connectivity index (χ0n) is 17.2. The van der Waals surface area contributed by atoms with E-state index in [0.29, 0.717) is 34.7 Å². The molecular formula is C26H21FN2O3. The van der Waals surface area contributed by atoms with E-state index >= 15 is 0 Å². The molecule has 0 amide bonds. The van der Waals surface area contributed by atoms with E-state index < -0.39 is 11.8 Å². The van der Waals surface area contributed by atoms with Gasteiger partial charge in [0.2, 0.25) is 5.88 Å². The topological polar surface area (TPSA) is 85.4 Å². The van der Waals surface area contributed by atoms with Crippen molar-refractivity contribution in [3.63, 3.8) is 0 Å². The molecule has 0 aliphatic carbocycles. The quantitative estimate of drug-likeness (QED) is 0.410. The van der Waals surface area contributed by atoms with E-state index in [1.807, 2.05) is 36.4 Å². The fourth-order valence-corrected chi connectivity index (χ4v) is 3.50. The first kappa shape index (κ1) is 21.2. The van der Waals surface area contributed by atoms with Gasteiger partial charge in [0.15, 0.2) is 0 Å². The molecule has 3 N–H and O–H groups in total. The Morgan fingerprint density at radius 3 is 2.56 bits per heavy atom. The van der Waals surface area contributed by atoms with E-state index in [4.69, 9.17) is 10.5 Å². The van der Waals surface area contributed by atoms with E-state index in [-0.39, 0.29) is 12.3 Å². The van der Waals surface area contributed by atoms with Crippen molar-refractivity contribution in [1.82, 2.24) is 4.98 Å². The molecule has 0 aliphatic rings. The van der Waals surface area contributed by atoms with Gasteiger partial charge in [-0.05, 0) is 46.5 Å². The Bertz CT molecular complexity index is 1270. The number of halogens is 1. The molecule has 0 fully saturated rings. The summed E-state index contributed by atoms with van der Waals surface area (Å²) in [5.41, 5.74) is 10.1. The van der Waals surface area contributed by atoms with Gasteiger partial charge >= 0.3 is 5.97 Å². The van der Waals surface area contributed by atoms with Crippen molar-refractivity contribution in [3.8, 4) is 34.0 Å². The van der Waals surface area contributed by atoms with Gasteiger partial charge in [0.25, 0.3) is 0 Å². The van der Waals surface area contributed by atoms with Crippen LogP contribution in [0.4, 0.5) is 4.39 Å². The fourth-order valence-electron chi connectivity index (χ4n) is 3.50. The first-order chi connectivity index (χ1) is 15.5. The van der Waals surface area contributed by atoms with Crippen LogP contribution in [0.3, 0.4) is 0 Å². The third-order valence-electron chi connectivity index (χ3n) is 4.95. The lowest BCUT2D eigenvalue weighted by Gasteiger charge is -2.11. The summed E-state index contributed by atoms with van der Waals surface area (Å²) in [7, 11) is 0. The summed E-state index contributed by atoms with van der Waals surface area (Å²) < 4.78 is 20.2. The second-order valence-corrected chi connectivity index (χ2v) is 7.27. The van der Waals surface area contributed by atoms with Gasteiger partial charge in [-0.15, -0.1) is 0 Å². The lowest BCUT2D eigenvalue weighted by molar-refractivity contribution is -0.136. The largest absolute Gasteiger partial charge is 0.481 e. The minimum atomic E-state index is -0.921. The second kappa shape index (κ2) is 9.41. The Balaban J connectivity index is 1.65. The Kier molecular flexibility index (Phi) is 6.24. The number of carboxylic acid groups (broad SMARTS) is 1. The van der Waals surface area contributed by atoms with Crippen molar-refractivity contribution in [2.45, 2.75) is 13.0 Å². The van der Waals surface area contributed by atoms with Gasteiger partial charge in [-0.25, -0.2) is 9.37 Å². The number of pyridine rings is 1. The van der Waals surface area contributed by atoms with E-state index in [9.17, 15) is 14.3 Å². The van der Waals surface area contributed by atoms with Crippen LogP contribution < -0.4 is 10.5 Å². The van der Waals surface area contributed by atoms with Crippen LogP contribution in [-0.2, 0) is 17.8 Å². The number of ether oxygens (including phenoxy) is 1. The summed E-state index contributed by atoms with van der Waals surface area (Å²) in [6, 6.07) is 24.5. The van der Waals surface area contributed by atoms with E-state index in [1.54, 1.807) is 36.4 Å². The monoisotopic (exact) mass is 428 g/mol. The Labute approximate surface area is 184 Å². The van der Waals surface area contributed by atoms with E-state index in [1.165, 1.54) is 12.1 Å². The molecule has 0 atom stereocenters. The highest BCUT2D eigenvalue weighted by Crippen LogP contribution is 2.30. The summed E-state index contributed by atoms with van der Waals surface area (Å²) in [6.45, 7) is 0.395. The Morgan fingerprint density at radius 2 is 1.75 bits per heavy atom. The van der Waals surface area contributed by atoms with Gasteiger partial charge in [-0.3, -0.25) is 4.79 Å². The molecule has 0 aliphatic heterocycles. The SMILES string of the molecule is NCc1cccc(-c2cc(F)cc(Oc3cccc(-c4ccccc4CC(=O)O)n3)c2)c1. The third kappa shape index (κ3) is 4.99. The van der Waals surface area contributed by atoms with Crippen LogP contribution in [-0.4, -0.2) is 16.1 Å². The summed E-state index contributed by atoms with van der Waals surface area (Å²) in [5.74, 6) is -0.768. The predicted octanol–water partition coefficient (Wildman–Crippen LogP) is 5.43. The normalized spacial score (nSPS) is 10.7. The van der Waals surface area contributed by atoms with Crippen molar-refractivity contribution in [1.29, 1.82) is 0 Å². The number of nitrogens with two attached hydrogens (primary N) is 1. The molecule has 0 spiro atoms. The number of aliphatic carboxylic acids is 1. The number of benzene rings is 3. The number of rotatable bonds is 7. The van der Waals surface area contributed by atoms with Crippen LogP contribution in [0.1, 0.15) is 11.1 Å². The molecule has 4 rings (SSSR count). The third-order valence-corrected chi connectivity index (χ3v) is 4.95. The zero-order chi connectivity index (χ0) is 22.5. The number of nitrogens with zero attached hydrogens (tertiary/aromatic N) is 1. The smallest absolute Gasteiger partial charge is 0.307 e. The van der Waals surface area contributed by atoms with Gasteiger partial charge in [-0.2, -0.15) is 0 Å². The number of hydrogen-bond donors (Lipinski definition) is 2. The Morgan fingerprint density at radius 1 is 0.938 bits per heavy atom. The molecule has 6 heteroatoms. The highest BCUT2D eigenvalue weighted by Gasteiger charge is 2.11. The highest BCUT2D eigenvalue weighted by atomic mass is 19.1. The molecule has 4 aromatic rings. The second-order valence-electron chi connectivity index (χ2n) is 7.27. The number of hydrogen-bond acceptors (Lipinski definition) is 4. The molecule has 0 saturated heterocycles. The highest BCUT2D eigenvalue weighted by molar-refractivity contribution is 5.75. The van der Waals surface area contributed by atoms with E-state index in [2.05, 4.69) is 4.98 Å². The number of carboxylic acids is 1. The molecule has 160 valence electrons. The summed E-state index contributed by atoms with van der Waals surface area (Å²) in [5, 5.41) is 9.18. The molecular weight excluding hydrogens is 407 g/mol. The van der Waals surface area contributed by atoms with Crippen LogP contribution in [0.2, 0.25) is 0 Å². The Hall–Kier alpha value is -4.03. The molecule has 1 aromatic heterocycles. The summed E-state index contributed by atoms with van der Waals surface area (Å²) in [6.07, 6.45) is -0.113. The standard InChI is InChI=1S/C26H21FN2O3/c27-21-12-20(18-7-3-5-17(11-18)16-28)13-22(15-21)32-25-10-4-9-24(29-25)23-8-2-1-6-19(23)14-26(30)31/h1-13,15H,14,16,28H2,(H,30,31). The van der Waals surface area contributed by atoms with Gasteiger partial charge < -0.3 is 15.6 Å². The van der Waals surface area contributed by atoms with Crippen LogP contribution in [0.15, 0.2) is 84.9 Å². The number of aromatic nitrogens is 1. The number of carbonyl (C=O) groups is 1. The zero-order valence-corrected chi connectivity index (χ0v) is 17.2. The maximum Gasteiger partial charge on any atom is 0.307 e. The van der Waals surface area contributed by atoms with Crippen LogP contribution in [0, 0.1) is 5.82 Å². The summed E-state index contributed by atoms with van der Waals surface area (Å²) in [4.78, 5) is 15.7. The van der Waals surface area contributed by atoms with Crippen LogP contribution in [0.25, 0.3) is 22.4 Å². The molecule has 0 radical (unpaired) electrons. The summed E-state index contributed by atoms with van der Waals surface area (Å²) >= 11 is 0. The average molecular weight is 428 g/mol. The first-order valence-corrected chi connectivity index (χ1v) is 10.1. The van der Waals surface area contributed by atoms with Crippen molar-refractivity contribution in [3.05, 3.63) is 102 Å². The lowest BCUT2D eigenvalue weighted by Crippen LogP contribution is -2.02. The van der Waals surface area contributed by atoms with Crippen molar-refractivity contribution in [2.75, 3.05) is 0 Å². The minimum absolute atomic E-state index is 0.113. The van der Waals surface area contributed by atoms with Gasteiger partial charge in [0.1, 0.15) is 11.6 Å². The molecule has 3 aromatic carbocycles. The van der Waals surface area contributed by atoms with Crippen molar-refractivity contribution < 1.29 is 19.0 Å². The molecule has 32 heavy (non-hydrogen) atoms. The fraction of sp³-hybridized carbons (Fsp3) is 0.0769. The minimum Gasteiger partial charge on any atom is -0.481 e. The van der Waals surface area contributed by atoms with Gasteiger partial charge in [0, 0.05) is 24.2 Å². The predicted molar refractivity (Wildman–Crippen MR) is 121 cm³/mol. The lowest BCUT2D eigenvalue weighted by atomic mass is 10.0. The van der Waals surface area contributed by atoms with Crippen LogP contribution >= 0.6 is 0 Å². The first-order valence-electron chi connectivity index (χ1n) is 10.1.